The minimum atomic E-state index is -0.345. The Morgan fingerprint density at radius 3 is 0.929 bits per heavy atom. The van der Waals surface area contributed by atoms with Crippen molar-refractivity contribution < 1.29 is 18.3 Å². The van der Waals surface area contributed by atoms with Crippen LogP contribution in [0.15, 0.2) is 109 Å². The summed E-state index contributed by atoms with van der Waals surface area (Å²) in [5.41, 5.74) is 5.48. The van der Waals surface area contributed by atoms with Crippen molar-refractivity contribution in [1.29, 1.82) is 0 Å². The lowest BCUT2D eigenvalue weighted by atomic mass is 10.1. The summed E-state index contributed by atoms with van der Waals surface area (Å²) in [7, 11) is 3.21. The standard InChI is InChI=1S/C34H24F2N4O2/c1-41-27-15-7-23(8-16-27)31-19-29(21-3-11-25(35)12-4-21)37-33(39-31)34-38-30(22-5-13-26(36)14-6-22)20-32(40-34)24-9-17-28(42-2)18-10-24/h3-20H,1-2H3. The van der Waals surface area contributed by atoms with E-state index in [4.69, 9.17) is 29.4 Å². The fourth-order valence-corrected chi connectivity index (χ4v) is 4.45. The third kappa shape index (κ3) is 5.69. The molecule has 0 radical (unpaired) electrons. The molecule has 0 unspecified atom stereocenters. The molecule has 6 rings (SSSR count). The average Bonchev–Trinajstić information content (AvgIpc) is 3.05. The Morgan fingerprint density at radius 1 is 0.405 bits per heavy atom. The zero-order chi connectivity index (χ0) is 29.1. The minimum absolute atomic E-state index is 0.279. The Bertz CT molecular complexity index is 1700. The van der Waals surface area contributed by atoms with E-state index >= 15 is 0 Å². The molecule has 0 aliphatic carbocycles. The van der Waals surface area contributed by atoms with Crippen molar-refractivity contribution >= 4 is 0 Å². The number of hydrogen-bond donors (Lipinski definition) is 0. The Labute approximate surface area is 241 Å². The number of methoxy groups -OCH3 is 2. The van der Waals surface area contributed by atoms with Crippen molar-refractivity contribution in [3.05, 3.63) is 121 Å². The zero-order valence-electron chi connectivity index (χ0n) is 22.8. The van der Waals surface area contributed by atoms with Crippen LogP contribution in [0.2, 0.25) is 0 Å². The summed E-state index contributed by atoms with van der Waals surface area (Å²) in [6.45, 7) is 0. The molecule has 0 aliphatic rings. The summed E-state index contributed by atoms with van der Waals surface area (Å²) in [5.74, 6) is 1.30. The highest BCUT2D eigenvalue weighted by Crippen LogP contribution is 2.31. The van der Waals surface area contributed by atoms with Crippen LogP contribution in [0.5, 0.6) is 11.5 Å². The van der Waals surface area contributed by atoms with E-state index in [0.29, 0.717) is 45.4 Å². The van der Waals surface area contributed by atoms with E-state index in [1.165, 1.54) is 24.3 Å². The Hall–Kier alpha value is -5.50. The van der Waals surface area contributed by atoms with Crippen molar-refractivity contribution in [2.75, 3.05) is 14.2 Å². The molecule has 206 valence electrons. The molecular formula is C34H24F2N4O2. The number of halogens is 2. The molecule has 0 N–H and O–H groups in total. The van der Waals surface area contributed by atoms with Crippen molar-refractivity contribution in [2.45, 2.75) is 0 Å². The van der Waals surface area contributed by atoms with Gasteiger partial charge in [0.15, 0.2) is 11.6 Å². The molecule has 2 aromatic heterocycles. The van der Waals surface area contributed by atoms with Gasteiger partial charge in [0.25, 0.3) is 0 Å². The van der Waals surface area contributed by atoms with E-state index in [0.717, 1.165) is 11.1 Å². The van der Waals surface area contributed by atoms with Gasteiger partial charge in [0.05, 0.1) is 37.0 Å². The van der Waals surface area contributed by atoms with Gasteiger partial charge in [-0.2, -0.15) is 0 Å². The summed E-state index contributed by atoms with van der Waals surface area (Å²) in [6.07, 6.45) is 0. The number of nitrogens with zero attached hydrogens (tertiary/aromatic N) is 4. The first-order valence-corrected chi connectivity index (χ1v) is 13.1. The molecule has 42 heavy (non-hydrogen) atoms. The maximum Gasteiger partial charge on any atom is 0.198 e. The lowest BCUT2D eigenvalue weighted by Crippen LogP contribution is -2.02. The van der Waals surface area contributed by atoms with Crippen molar-refractivity contribution in [1.82, 2.24) is 19.9 Å². The van der Waals surface area contributed by atoms with Gasteiger partial charge in [0, 0.05) is 22.3 Å². The van der Waals surface area contributed by atoms with Crippen LogP contribution in [0.1, 0.15) is 0 Å². The predicted molar refractivity (Wildman–Crippen MR) is 158 cm³/mol. The second kappa shape index (κ2) is 11.5. The Kier molecular flexibility index (Phi) is 7.34. The SMILES string of the molecule is COc1ccc(-c2cc(-c3ccc(F)cc3)nc(-c3nc(-c4ccc(F)cc4)cc(-c4ccc(OC)cc4)n3)n2)cc1. The van der Waals surface area contributed by atoms with Gasteiger partial charge in [-0.15, -0.1) is 0 Å². The van der Waals surface area contributed by atoms with Crippen LogP contribution in [0, 0.1) is 11.6 Å². The molecular weight excluding hydrogens is 534 g/mol. The highest BCUT2D eigenvalue weighted by molar-refractivity contribution is 5.74. The number of rotatable bonds is 7. The summed E-state index contributed by atoms with van der Waals surface area (Å²) >= 11 is 0. The smallest absolute Gasteiger partial charge is 0.198 e. The fraction of sp³-hybridized carbons (Fsp3) is 0.0588. The molecule has 0 amide bonds. The second-order valence-electron chi connectivity index (χ2n) is 9.39. The summed E-state index contributed by atoms with van der Waals surface area (Å²) in [6, 6.07) is 30.9. The van der Waals surface area contributed by atoms with Gasteiger partial charge in [-0.3, -0.25) is 0 Å². The summed E-state index contributed by atoms with van der Waals surface area (Å²) < 4.78 is 38.1. The monoisotopic (exact) mass is 558 g/mol. The van der Waals surface area contributed by atoms with E-state index in [1.54, 1.807) is 38.5 Å². The number of benzene rings is 4. The number of hydrogen-bond acceptors (Lipinski definition) is 6. The van der Waals surface area contributed by atoms with E-state index in [2.05, 4.69) is 0 Å². The van der Waals surface area contributed by atoms with Gasteiger partial charge in [0.2, 0.25) is 0 Å². The van der Waals surface area contributed by atoms with Gasteiger partial charge in [-0.1, -0.05) is 0 Å². The Morgan fingerprint density at radius 2 is 0.667 bits per heavy atom. The van der Waals surface area contributed by atoms with Crippen LogP contribution in [-0.2, 0) is 0 Å². The molecule has 8 heteroatoms. The van der Waals surface area contributed by atoms with E-state index in [9.17, 15) is 8.78 Å². The van der Waals surface area contributed by atoms with Crippen molar-refractivity contribution in [3.63, 3.8) is 0 Å². The first-order chi connectivity index (χ1) is 20.5. The highest BCUT2D eigenvalue weighted by Gasteiger charge is 2.16. The molecule has 0 fully saturated rings. The summed E-state index contributed by atoms with van der Waals surface area (Å²) in [4.78, 5) is 19.3. The molecule has 0 spiro atoms. The van der Waals surface area contributed by atoms with E-state index in [1.807, 2.05) is 60.7 Å². The Balaban J connectivity index is 1.55. The molecule has 0 saturated carbocycles. The molecule has 2 heterocycles. The molecule has 4 aromatic carbocycles. The van der Waals surface area contributed by atoms with Crippen LogP contribution in [0.4, 0.5) is 8.78 Å². The van der Waals surface area contributed by atoms with Crippen LogP contribution in [-0.4, -0.2) is 34.2 Å². The van der Waals surface area contributed by atoms with Gasteiger partial charge < -0.3 is 9.47 Å². The first-order valence-electron chi connectivity index (χ1n) is 13.1. The van der Waals surface area contributed by atoms with Crippen LogP contribution < -0.4 is 9.47 Å². The molecule has 0 atom stereocenters. The third-order valence-corrected chi connectivity index (χ3v) is 6.70. The maximum absolute atomic E-state index is 13.8. The average molecular weight is 559 g/mol. The van der Waals surface area contributed by atoms with Crippen LogP contribution in [0.25, 0.3) is 56.7 Å². The second-order valence-corrected chi connectivity index (χ2v) is 9.39. The molecule has 6 nitrogen and oxygen atoms in total. The highest BCUT2D eigenvalue weighted by atomic mass is 19.1. The fourth-order valence-electron chi connectivity index (χ4n) is 4.45. The van der Waals surface area contributed by atoms with E-state index in [-0.39, 0.29) is 23.3 Å². The van der Waals surface area contributed by atoms with E-state index < -0.39 is 0 Å². The number of ether oxygens (including phenoxy) is 2. The summed E-state index contributed by atoms with van der Waals surface area (Å²) in [5, 5.41) is 0. The van der Waals surface area contributed by atoms with Crippen molar-refractivity contribution in [2.24, 2.45) is 0 Å². The van der Waals surface area contributed by atoms with Crippen LogP contribution in [0.3, 0.4) is 0 Å². The van der Waals surface area contributed by atoms with Crippen LogP contribution >= 0.6 is 0 Å². The zero-order valence-corrected chi connectivity index (χ0v) is 22.8. The maximum atomic E-state index is 13.8. The van der Waals surface area contributed by atoms with Gasteiger partial charge >= 0.3 is 0 Å². The number of aromatic nitrogens is 4. The normalized spacial score (nSPS) is 10.9. The van der Waals surface area contributed by atoms with Gasteiger partial charge in [-0.25, -0.2) is 28.7 Å². The largest absolute Gasteiger partial charge is 0.497 e. The van der Waals surface area contributed by atoms with Gasteiger partial charge in [0.1, 0.15) is 23.1 Å². The third-order valence-electron chi connectivity index (χ3n) is 6.70. The first kappa shape index (κ1) is 26.7. The van der Waals surface area contributed by atoms with Gasteiger partial charge in [-0.05, 0) is 109 Å². The quantitative estimate of drug-likeness (QED) is 0.198. The molecule has 0 aliphatic heterocycles. The molecule has 0 saturated heterocycles. The molecule has 6 aromatic rings. The predicted octanol–water partition coefficient (Wildman–Crippen LogP) is 7.90. The lowest BCUT2D eigenvalue weighted by molar-refractivity contribution is 0.415. The van der Waals surface area contributed by atoms with Crippen molar-refractivity contribution in [3.8, 4) is 68.2 Å². The molecule has 0 bridgehead atoms. The minimum Gasteiger partial charge on any atom is -0.497 e. The topological polar surface area (TPSA) is 70.0 Å². The lowest BCUT2D eigenvalue weighted by Gasteiger charge is -2.12.